The fraction of sp³-hybridized carbons (Fsp3) is 0.312. The molecule has 3 nitrogen and oxygen atoms in total. The molecule has 0 spiro atoms. The number of aryl methyl sites for hydroxylation is 1. The Morgan fingerprint density at radius 1 is 1.26 bits per heavy atom. The first-order valence-corrected chi connectivity index (χ1v) is 6.65. The summed E-state index contributed by atoms with van der Waals surface area (Å²) in [6.45, 7) is 2.74. The summed E-state index contributed by atoms with van der Waals surface area (Å²) in [6, 6.07) is 12.3. The van der Waals surface area contributed by atoms with Gasteiger partial charge in [0.25, 0.3) is 0 Å². The lowest BCUT2D eigenvalue weighted by Crippen LogP contribution is -2.28. The van der Waals surface area contributed by atoms with Gasteiger partial charge in [-0.1, -0.05) is 30.3 Å². The lowest BCUT2D eigenvalue weighted by molar-refractivity contribution is 0.140. The highest BCUT2D eigenvalue weighted by molar-refractivity contribution is 5.36. The topological polar surface area (TPSA) is 45.2 Å². The summed E-state index contributed by atoms with van der Waals surface area (Å²) in [7, 11) is 0. The molecule has 2 aromatic rings. The smallest absolute Gasteiger partial charge is 0.0775 e. The highest BCUT2D eigenvalue weighted by atomic mass is 16.3. The van der Waals surface area contributed by atoms with Crippen LogP contribution in [-0.2, 0) is 13.0 Å². The van der Waals surface area contributed by atoms with Gasteiger partial charge in [0.2, 0.25) is 0 Å². The van der Waals surface area contributed by atoms with Crippen LogP contribution in [-0.4, -0.2) is 16.2 Å². The Morgan fingerprint density at radius 2 is 2.11 bits per heavy atom. The number of aliphatic hydroxyl groups excluding tert-OH is 1. The van der Waals surface area contributed by atoms with E-state index in [0.29, 0.717) is 0 Å². The second-order valence-corrected chi connectivity index (χ2v) is 5.08. The van der Waals surface area contributed by atoms with Crippen molar-refractivity contribution in [3.63, 3.8) is 0 Å². The van der Waals surface area contributed by atoms with Gasteiger partial charge in [0.05, 0.1) is 12.1 Å². The first-order valence-electron chi connectivity index (χ1n) is 6.65. The molecule has 1 aromatic carbocycles. The van der Waals surface area contributed by atoms with Gasteiger partial charge < -0.3 is 10.4 Å². The largest absolute Gasteiger partial charge is 0.391 e. The van der Waals surface area contributed by atoms with Gasteiger partial charge >= 0.3 is 0 Å². The molecular formula is C16H18N2O. The van der Waals surface area contributed by atoms with E-state index in [2.05, 4.69) is 28.5 Å². The highest BCUT2D eigenvalue weighted by Crippen LogP contribution is 2.31. The van der Waals surface area contributed by atoms with Crippen LogP contribution in [0.4, 0.5) is 0 Å². The summed E-state index contributed by atoms with van der Waals surface area (Å²) in [5.41, 5.74) is 4.68. The van der Waals surface area contributed by atoms with E-state index in [1.165, 1.54) is 16.7 Å². The Labute approximate surface area is 113 Å². The average Bonchev–Trinajstić information content (AvgIpc) is 2.74. The molecule has 0 fully saturated rings. The van der Waals surface area contributed by atoms with Gasteiger partial charge in [-0.05, 0) is 29.7 Å². The van der Waals surface area contributed by atoms with E-state index in [1.54, 1.807) is 6.20 Å². The predicted octanol–water partition coefficient (Wildman–Crippen LogP) is 2.14. The molecule has 2 N–H and O–H groups in total. The molecule has 0 bridgehead atoms. The third kappa shape index (κ3) is 2.39. The fourth-order valence-corrected chi connectivity index (χ4v) is 2.74. The van der Waals surface area contributed by atoms with E-state index in [4.69, 9.17) is 0 Å². The monoisotopic (exact) mass is 254 g/mol. The van der Waals surface area contributed by atoms with Crippen molar-refractivity contribution in [2.45, 2.75) is 32.0 Å². The van der Waals surface area contributed by atoms with Crippen molar-refractivity contribution in [1.82, 2.24) is 10.3 Å². The molecule has 19 heavy (non-hydrogen) atoms. The third-order valence-corrected chi connectivity index (χ3v) is 3.83. The molecule has 98 valence electrons. The Bertz CT molecular complexity index is 582. The molecule has 0 aliphatic heterocycles. The zero-order valence-electron chi connectivity index (χ0n) is 11.0. The predicted molar refractivity (Wildman–Crippen MR) is 74.7 cm³/mol. The van der Waals surface area contributed by atoms with Gasteiger partial charge in [0.15, 0.2) is 0 Å². The van der Waals surface area contributed by atoms with Crippen LogP contribution in [0, 0.1) is 6.92 Å². The summed E-state index contributed by atoms with van der Waals surface area (Å²) in [5.74, 6) is 0. The van der Waals surface area contributed by atoms with Crippen molar-refractivity contribution in [3.8, 4) is 0 Å². The number of pyridine rings is 1. The molecule has 0 saturated heterocycles. The number of rotatable bonds is 3. The second-order valence-electron chi connectivity index (χ2n) is 5.08. The lowest BCUT2D eigenvalue weighted by atomic mass is 10.1. The molecule has 0 amide bonds. The number of nitrogens with zero attached hydrogens (tertiary/aromatic N) is 1. The van der Waals surface area contributed by atoms with Gasteiger partial charge in [0, 0.05) is 24.9 Å². The van der Waals surface area contributed by atoms with Crippen LogP contribution in [0.5, 0.6) is 0 Å². The Morgan fingerprint density at radius 3 is 2.95 bits per heavy atom. The minimum absolute atomic E-state index is 0.0239. The highest BCUT2D eigenvalue weighted by Gasteiger charge is 2.30. The van der Waals surface area contributed by atoms with Crippen molar-refractivity contribution in [2.24, 2.45) is 0 Å². The maximum atomic E-state index is 10.2. The molecule has 1 heterocycles. The molecule has 0 saturated carbocycles. The van der Waals surface area contributed by atoms with Crippen molar-refractivity contribution in [2.75, 3.05) is 0 Å². The number of aliphatic hydroxyl groups is 1. The van der Waals surface area contributed by atoms with Gasteiger partial charge in [0.1, 0.15) is 0 Å². The Kier molecular flexibility index (Phi) is 3.32. The number of fused-ring (bicyclic) bond motifs is 1. The third-order valence-electron chi connectivity index (χ3n) is 3.83. The standard InChI is InChI=1S/C16H18N2O/c1-11-13(6-4-8-17-11)10-18-16-14-7-3-2-5-12(14)9-15(16)19/h2-8,15-16,18-19H,9-10H2,1H3/t15-,16+/m0/s1. The normalized spacial score (nSPS) is 21.4. The lowest BCUT2D eigenvalue weighted by Gasteiger charge is -2.18. The average molecular weight is 254 g/mol. The molecule has 0 unspecified atom stereocenters. The fourth-order valence-electron chi connectivity index (χ4n) is 2.74. The maximum Gasteiger partial charge on any atom is 0.0775 e. The minimum Gasteiger partial charge on any atom is -0.391 e. The number of nitrogens with one attached hydrogen (secondary N) is 1. The molecule has 1 aromatic heterocycles. The van der Waals surface area contributed by atoms with E-state index in [9.17, 15) is 5.11 Å². The number of hydrogen-bond donors (Lipinski definition) is 2. The van der Waals surface area contributed by atoms with E-state index in [1.807, 2.05) is 25.1 Å². The van der Waals surface area contributed by atoms with Crippen LogP contribution in [0.1, 0.15) is 28.4 Å². The number of aromatic nitrogens is 1. The SMILES string of the molecule is Cc1ncccc1CN[C@@H]1c2ccccc2C[C@@H]1O. The van der Waals surface area contributed by atoms with Gasteiger partial charge in [-0.2, -0.15) is 0 Å². The van der Waals surface area contributed by atoms with Crippen LogP contribution in [0.15, 0.2) is 42.6 Å². The van der Waals surface area contributed by atoms with Gasteiger partial charge in [-0.15, -0.1) is 0 Å². The van der Waals surface area contributed by atoms with Gasteiger partial charge in [-0.25, -0.2) is 0 Å². The van der Waals surface area contributed by atoms with E-state index >= 15 is 0 Å². The second kappa shape index (κ2) is 5.11. The van der Waals surface area contributed by atoms with Crippen LogP contribution in [0.2, 0.25) is 0 Å². The summed E-state index contributed by atoms with van der Waals surface area (Å²) >= 11 is 0. The molecular weight excluding hydrogens is 236 g/mol. The Balaban J connectivity index is 1.76. The maximum absolute atomic E-state index is 10.2. The first-order chi connectivity index (χ1) is 9.25. The van der Waals surface area contributed by atoms with Crippen LogP contribution >= 0.6 is 0 Å². The summed E-state index contributed by atoms with van der Waals surface area (Å²) < 4.78 is 0. The van der Waals surface area contributed by atoms with Crippen LogP contribution < -0.4 is 5.32 Å². The molecule has 1 aliphatic rings. The molecule has 3 rings (SSSR count). The summed E-state index contributed by atoms with van der Waals surface area (Å²) in [4.78, 5) is 4.29. The van der Waals surface area contributed by atoms with Crippen LogP contribution in [0.25, 0.3) is 0 Å². The van der Waals surface area contributed by atoms with E-state index in [-0.39, 0.29) is 12.1 Å². The Hall–Kier alpha value is -1.71. The van der Waals surface area contributed by atoms with Crippen molar-refractivity contribution < 1.29 is 5.11 Å². The number of benzene rings is 1. The molecule has 3 heteroatoms. The van der Waals surface area contributed by atoms with Crippen molar-refractivity contribution in [3.05, 3.63) is 65.0 Å². The van der Waals surface area contributed by atoms with Crippen molar-refractivity contribution >= 4 is 0 Å². The minimum atomic E-state index is -0.339. The quantitative estimate of drug-likeness (QED) is 0.882. The van der Waals surface area contributed by atoms with E-state index < -0.39 is 0 Å². The molecule has 2 atom stereocenters. The summed E-state index contributed by atoms with van der Waals surface area (Å²) in [6.07, 6.45) is 2.20. The molecule has 0 radical (unpaired) electrons. The molecule has 1 aliphatic carbocycles. The zero-order chi connectivity index (χ0) is 13.2. The van der Waals surface area contributed by atoms with Crippen LogP contribution in [0.3, 0.4) is 0 Å². The summed E-state index contributed by atoms with van der Waals surface area (Å²) in [5, 5.41) is 13.6. The van der Waals surface area contributed by atoms with Gasteiger partial charge in [-0.3, -0.25) is 4.98 Å². The van der Waals surface area contributed by atoms with E-state index in [0.717, 1.165) is 18.7 Å². The number of hydrogen-bond acceptors (Lipinski definition) is 3. The zero-order valence-corrected chi connectivity index (χ0v) is 11.0. The van der Waals surface area contributed by atoms with Crippen molar-refractivity contribution in [1.29, 1.82) is 0 Å². The first kappa shape index (κ1) is 12.3.